The second-order valence-corrected chi connectivity index (χ2v) is 9.25. The van der Waals surface area contributed by atoms with Gasteiger partial charge in [-0.15, -0.1) is 0 Å². The number of anilines is 1. The molecule has 0 saturated heterocycles. The Bertz CT molecular complexity index is 1030. The van der Waals surface area contributed by atoms with Gasteiger partial charge in [-0.3, -0.25) is 13.9 Å². The summed E-state index contributed by atoms with van der Waals surface area (Å²) in [5.41, 5.74) is 1.04. The molecule has 1 atom stereocenters. The van der Waals surface area contributed by atoms with E-state index in [2.05, 4.69) is 5.32 Å². The number of rotatable bonds is 9. The number of hydrogen-bond donors (Lipinski definition) is 1. The Kier molecular flexibility index (Phi) is 8.29. The van der Waals surface area contributed by atoms with Gasteiger partial charge in [-0.1, -0.05) is 29.8 Å². The lowest BCUT2D eigenvalue weighted by Crippen LogP contribution is -2.50. The maximum Gasteiger partial charge on any atom is 0.244 e. The number of carbonyl (C=O) groups is 2. The molecule has 0 aliphatic heterocycles. The van der Waals surface area contributed by atoms with Crippen LogP contribution >= 0.6 is 11.6 Å². The summed E-state index contributed by atoms with van der Waals surface area (Å²) in [7, 11) is -0.848. The van der Waals surface area contributed by atoms with Crippen LogP contribution in [0.5, 0.6) is 5.75 Å². The Hall–Kier alpha value is -2.78. The van der Waals surface area contributed by atoms with Crippen molar-refractivity contribution in [3.05, 3.63) is 59.1 Å². The largest absolute Gasteiger partial charge is 0.497 e. The number of hydrogen-bond acceptors (Lipinski definition) is 5. The average Bonchev–Trinajstić information content (AvgIpc) is 2.75. The minimum absolute atomic E-state index is 0.111. The first kappa shape index (κ1) is 24.5. The third-order valence-electron chi connectivity index (χ3n) is 4.70. The fourth-order valence-electron chi connectivity index (χ4n) is 2.96. The molecule has 0 heterocycles. The second-order valence-electron chi connectivity index (χ2n) is 6.91. The zero-order chi connectivity index (χ0) is 23.2. The van der Waals surface area contributed by atoms with Crippen molar-refractivity contribution in [1.29, 1.82) is 0 Å². The highest BCUT2D eigenvalue weighted by Gasteiger charge is 2.29. The van der Waals surface area contributed by atoms with E-state index in [9.17, 15) is 18.0 Å². The lowest BCUT2D eigenvalue weighted by molar-refractivity contribution is -0.139. The van der Waals surface area contributed by atoms with Crippen LogP contribution < -0.4 is 14.4 Å². The summed E-state index contributed by atoms with van der Waals surface area (Å²) in [5.74, 6) is -0.441. The van der Waals surface area contributed by atoms with Crippen molar-refractivity contribution in [3.8, 4) is 5.75 Å². The molecule has 0 fully saturated rings. The molecule has 0 saturated carbocycles. The van der Waals surface area contributed by atoms with Crippen LogP contribution in [0.1, 0.15) is 12.5 Å². The summed E-state index contributed by atoms with van der Waals surface area (Å²) in [4.78, 5) is 26.8. The number of methoxy groups -OCH3 is 1. The van der Waals surface area contributed by atoms with Gasteiger partial charge < -0.3 is 15.0 Å². The molecular weight excluding hydrogens is 442 g/mol. The van der Waals surface area contributed by atoms with Gasteiger partial charge in [0.25, 0.3) is 0 Å². The van der Waals surface area contributed by atoms with E-state index >= 15 is 0 Å². The quantitative estimate of drug-likeness (QED) is 0.610. The molecule has 168 valence electrons. The molecule has 8 nitrogen and oxygen atoms in total. The number of benzene rings is 2. The van der Waals surface area contributed by atoms with E-state index in [0.717, 1.165) is 16.1 Å². The molecule has 0 aliphatic carbocycles. The van der Waals surface area contributed by atoms with Gasteiger partial charge in [-0.25, -0.2) is 8.42 Å². The molecule has 0 aromatic heterocycles. The number of likely N-dealkylation sites (N-methyl/N-ethyl adjacent to an activating group) is 1. The number of sulfonamides is 1. The van der Waals surface area contributed by atoms with Crippen LogP contribution in [0.3, 0.4) is 0 Å². The van der Waals surface area contributed by atoms with Gasteiger partial charge in [0.1, 0.15) is 18.3 Å². The SMILES string of the molecule is CNC(=O)C(C)N(Cc1ccc(Cl)cc1)C(=O)CN(c1cccc(OC)c1)S(C)(=O)=O. The van der Waals surface area contributed by atoms with Crippen LogP contribution in [0.4, 0.5) is 5.69 Å². The third-order valence-corrected chi connectivity index (χ3v) is 6.09. The lowest BCUT2D eigenvalue weighted by Gasteiger charge is -2.31. The molecule has 1 N–H and O–H groups in total. The van der Waals surface area contributed by atoms with Crippen molar-refractivity contribution in [1.82, 2.24) is 10.2 Å². The number of nitrogens with one attached hydrogen (secondary N) is 1. The van der Waals surface area contributed by atoms with Crippen LogP contribution in [0.2, 0.25) is 5.02 Å². The van der Waals surface area contributed by atoms with Crippen molar-refractivity contribution in [2.75, 3.05) is 31.3 Å². The van der Waals surface area contributed by atoms with Gasteiger partial charge in [0.2, 0.25) is 21.8 Å². The first-order chi connectivity index (χ1) is 14.6. The first-order valence-corrected chi connectivity index (χ1v) is 11.7. The van der Waals surface area contributed by atoms with Crippen LogP contribution in [0, 0.1) is 0 Å². The molecule has 2 amide bonds. The molecule has 0 bridgehead atoms. The van der Waals surface area contributed by atoms with Crippen LogP contribution in [0.25, 0.3) is 0 Å². The fourth-order valence-corrected chi connectivity index (χ4v) is 3.92. The molecule has 0 radical (unpaired) electrons. The average molecular weight is 468 g/mol. The maximum absolute atomic E-state index is 13.2. The van der Waals surface area contributed by atoms with Gasteiger partial charge in [0.05, 0.1) is 19.1 Å². The topological polar surface area (TPSA) is 96.0 Å². The molecule has 1 unspecified atom stereocenters. The van der Waals surface area contributed by atoms with Gasteiger partial charge in [-0.05, 0) is 36.8 Å². The van der Waals surface area contributed by atoms with Crippen molar-refractivity contribution < 1.29 is 22.7 Å². The molecule has 31 heavy (non-hydrogen) atoms. The number of carbonyl (C=O) groups excluding carboxylic acids is 2. The summed E-state index contributed by atoms with van der Waals surface area (Å²) < 4.78 is 31.1. The molecular formula is C21H26ClN3O5S. The zero-order valence-electron chi connectivity index (χ0n) is 17.8. The monoisotopic (exact) mass is 467 g/mol. The standard InChI is InChI=1S/C21H26ClN3O5S/c1-15(21(27)23-2)24(13-16-8-10-17(22)11-9-16)20(26)14-25(31(4,28)29)18-6-5-7-19(12-18)30-3/h5-12,15H,13-14H2,1-4H3,(H,23,27). The van der Waals surface area contributed by atoms with Crippen LogP contribution in [0.15, 0.2) is 48.5 Å². The molecule has 0 spiro atoms. The van der Waals surface area contributed by atoms with E-state index in [0.29, 0.717) is 10.8 Å². The van der Waals surface area contributed by atoms with Gasteiger partial charge in [0, 0.05) is 24.7 Å². The smallest absolute Gasteiger partial charge is 0.244 e. The molecule has 0 aliphatic rings. The minimum atomic E-state index is -3.79. The Balaban J connectivity index is 2.38. The van der Waals surface area contributed by atoms with Crippen molar-refractivity contribution in [3.63, 3.8) is 0 Å². The van der Waals surface area contributed by atoms with Crippen molar-refractivity contribution >= 4 is 39.1 Å². The number of amides is 2. The van der Waals surface area contributed by atoms with Crippen LogP contribution in [-0.2, 0) is 26.2 Å². The Morgan fingerprint density at radius 3 is 2.35 bits per heavy atom. The summed E-state index contributed by atoms with van der Waals surface area (Å²) in [5, 5.41) is 3.07. The molecule has 10 heteroatoms. The maximum atomic E-state index is 13.2. The van der Waals surface area contributed by atoms with E-state index in [1.165, 1.54) is 25.1 Å². The van der Waals surface area contributed by atoms with E-state index in [-0.39, 0.29) is 18.1 Å². The van der Waals surface area contributed by atoms with Crippen LogP contribution in [-0.4, -0.2) is 58.1 Å². The minimum Gasteiger partial charge on any atom is -0.497 e. The molecule has 2 rings (SSSR count). The highest BCUT2D eigenvalue weighted by atomic mass is 35.5. The summed E-state index contributed by atoms with van der Waals surface area (Å²) in [6.07, 6.45) is 1.02. The molecule has 2 aromatic carbocycles. The van der Waals surface area contributed by atoms with E-state index < -0.39 is 28.5 Å². The third kappa shape index (κ3) is 6.60. The predicted molar refractivity (Wildman–Crippen MR) is 121 cm³/mol. The van der Waals surface area contributed by atoms with E-state index in [1.54, 1.807) is 49.4 Å². The van der Waals surface area contributed by atoms with E-state index in [4.69, 9.17) is 16.3 Å². The molecule has 2 aromatic rings. The predicted octanol–water partition coefficient (Wildman–Crippen LogP) is 2.28. The van der Waals surface area contributed by atoms with E-state index in [1.807, 2.05) is 0 Å². The first-order valence-electron chi connectivity index (χ1n) is 9.44. The Morgan fingerprint density at radius 1 is 1.16 bits per heavy atom. The van der Waals surface area contributed by atoms with Gasteiger partial charge in [0.15, 0.2) is 0 Å². The highest BCUT2D eigenvalue weighted by molar-refractivity contribution is 7.92. The second kappa shape index (κ2) is 10.5. The number of ether oxygens (including phenoxy) is 1. The normalized spacial score (nSPS) is 12.0. The summed E-state index contributed by atoms with van der Waals surface area (Å²) in [6.45, 7) is 1.23. The summed E-state index contributed by atoms with van der Waals surface area (Å²) >= 11 is 5.93. The van der Waals surface area contributed by atoms with Gasteiger partial charge >= 0.3 is 0 Å². The van der Waals surface area contributed by atoms with Gasteiger partial charge in [-0.2, -0.15) is 0 Å². The van der Waals surface area contributed by atoms with Crippen molar-refractivity contribution in [2.45, 2.75) is 19.5 Å². The Labute approximate surface area is 187 Å². The lowest BCUT2D eigenvalue weighted by atomic mass is 10.1. The van der Waals surface area contributed by atoms with Crippen molar-refractivity contribution in [2.24, 2.45) is 0 Å². The Morgan fingerprint density at radius 2 is 1.81 bits per heavy atom. The number of nitrogens with zero attached hydrogens (tertiary/aromatic N) is 2. The fraction of sp³-hybridized carbons (Fsp3) is 0.333. The summed E-state index contributed by atoms with van der Waals surface area (Å²) in [6, 6.07) is 12.4. The zero-order valence-corrected chi connectivity index (χ0v) is 19.4. The number of halogens is 1. The highest BCUT2D eigenvalue weighted by Crippen LogP contribution is 2.24.